The molecule has 0 saturated heterocycles. The van der Waals surface area contributed by atoms with Crippen LogP contribution in [0.1, 0.15) is 45.4 Å². The average Bonchev–Trinajstić information content (AvgIpc) is 2.04. The zero-order chi connectivity index (χ0) is 9.68. The summed E-state index contributed by atoms with van der Waals surface area (Å²) in [6, 6.07) is 1.03. The van der Waals surface area contributed by atoms with Crippen molar-refractivity contribution >= 4 is 0 Å². The van der Waals surface area contributed by atoms with Crippen LogP contribution in [0.4, 0.5) is 0 Å². The minimum absolute atomic E-state index is 0.288. The third-order valence-corrected chi connectivity index (χ3v) is 2.67. The molecule has 1 aliphatic rings. The number of rotatable bonds is 4. The number of aliphatic hydroxyl groups excluding tert-OH is 1. The highest BCUT2D eigenvalue weighted by Gasteiger charge is 2.15. The minimum Gasteiger partial charge on any atom is -0.513 e. The highest BCUT2D eigenvalue weighted by Crippen LogP contribution is 2.18. The Kier molecular flexibility index (Phi) is 4.29. The average molecular weight is 183 g/mol. The molecular weight excluding hydrogens is 162 g/mol. The molecule has 0 aliphatic heterocycles. The first-order chi connectivity index (χ1) is 6.18. The van der Waals surface area contributed by atoms with Crippen molar-refractivity contribution in [2.75, 3.05) is 0 Å². The lowest BCUT2D eigenvalue weighted by Gasteiger charge is -2.26. The number of nitrogens with one attached hydrogen (secondary N) is 1. The lowest BCUT2D eigenvalue weighted by Crippen LogP contribution is -2.37. The van der Waals surface area contributed by atoms with Gasteiger partial charge in [-0.1, -0.05) is 25.8 Å². The van der Waals surface area contributed by atoms with Crippen molar-refractivity contribution in [3.63, 3.8) is 0 Å². The van der Waals surface area contributed by atoms with Gasteiger partial charge in [0, 0.05) is 18.5 Å². The Balaban J connectivity index is 2.18. The SMILES string of the molecule is C=C(O)CC(C)NC1CCCCC1. The first-order valence-corrected chi connectivity index (χ1v) is 5.31. The van der Waals surface area contributed by atoms with Crippen LogP contribution in [0, 0.1) is 0 Å². The van der Waals surface area contributed by atoms with Gasteiger partial charge in [-0.2, -0.15) is 0 Å². The first kappa shape index (κ1) is 10.6. The number of aliphatic hydroxyl groups is 1. The topological polar surface area (TPSA) is 32.3 Å². The van der Waals surface area contributed by atoms with Crippen molar-refractivity contribution in [1.29, 1.82) is 0 Å². The summed E-state index contributed by atoms with van der Waals surface area (Å²) in [6.45, 7) is 5.61. The molecule has 0 aromatic rings. The fourth-order valence-corrected chi connectivity index (χ4v) is 2.08. The standard InChI is InChI=1S/C11H21NO/c1-9(8-10(2)13)12-11-6-4-3-5-7-11/h9,11-13H,2-8H2,1H3. The summed E-state index contributed by atoms with van der Waals surface area (Å²) in [5.41, 5.74) is 0. The van der Waals surface area contributed by atoms with Crippen LogP contribution >= 0.6 is 0 Å². The predicted molar refractivity (Wildman–Crippen MR) is 55.9 cm³/mol. The molecule has 13 heavy (non-hydrogen) atoms. The van der Waals surface area contributed by atoms with E-state index in [0.29, 0.717) is 18.5 Å². The summed E-state index contributed by atoms with van der Waals surface area (Å²) in [5.74, 6) is 0.288. The van der Waals surface area contributed by atoms with E-state index in [0.717, 1.165) is 0 Å². The van der Waals surface area contributed by atoms with Crippen LogP contribution in [-0.2, 0) is 0 Å². The van der Waals surface area contributed by atoms with E-state index in [1.54, 1.807) is 0 Å². The first-order valence-electron chi connectivity index (χ1n) is 5.31. The zero-order valence-electron chi connectivity index (χ0n) is 8.55. The lowest BCUT2D eigenvalue weighted by atomic mass is 9.95. The van der Waals surface area contributed by atoms with E-state index in [1.165, 1.54) is 32.1 Å². The van der Waals surface area contributed by atoms with Gasteiger partial charge in [0.05, 0.1) is 5.76 Å². The van der Waals surface area contributed by atoms with Gasteiger partial charge in [-0.05, 0) is 19.8 Å². The van der Waals surface area contributed by atoms with E-state index in [4.69, 9.17) is 5.11 Å². The van der Waals surface area contributed by atoms with Gasteiger partial charge in [0.2, 0.25) is 0 Å². The molecule has 1 unspecified atom stereocenters. The maximum absolute atomic E-state index is 9.02. The lowest BCUT2D eigenvalue weighted by molar-refractivity contribution is 0.315. The van der Waals surface area contributed by atoms with Gasteiger partial charge in [0.1, 0.15) is 0 Å². The minimum atomic E-state index is 0.288. The molecule has 0 bridgehead atoms. The Morgan fingerprint density at radius 1 is 1.46 bits per heavy atom. The summed E-state index contributed by atoms with van der Waals surface area (Å²) in [4.78, 5) is 0. The fourth-order valence-electron chi connectivity index (χ4n) is 2.08. The summed E-state index contributed by atoms with van der Waals surface area (Å²) >= 11 is 0. The Hall–Kier alpha value is -0.500. The number of hydrogen-bond acceptors (Lipinski definition) is 2. The fraction of sp³-hybridized carbons (Fsp3) is 0.818. The van der Waals surface area contributed by atoms with Crippen LogP contribution < -0.4 is 5.32 Å². The van der Waals surface area contributed by atoms with E-state index in [2.05, 4.69) is 18.8 Å². The molecule has 0 aromatic carbocycles. The molecule has 1 fully saturated rings. The van der Waals surface area contributed by atoms with E-state index in [-0.39, 0.29) is 5.76 Å². The predicted octanol–water partition coefficient (Wildman–Crippen LogP) is 2.76. The third kappa shape index (κ3) is 4.32. The summed E-state index contributed by atoms with van der Waals surface area (Å²) < 4.78 is 0. The highest BCUT2D eigenvalue weighted by molar-refractivity contribution is 4.85. The Morgan fingerprint density at radius 2 is 2.08 bits per heavy atom. The summed E-state index contributed by atoms with van der Waals surface area (Å²) in [5, 5.41) is 12.5. The Bertz CT molecular complexity index is 161. The van der Waals surface area contributed by atoms with Crippen molar-refractivity contribution in [2.24, 2.45) is 0 Å². The largest absolute Gasteiger partial charge is 0.513 e. The van der Waals surface area contributed by atoms with Crippen LogP contribution in [0.5, 0.6) is 0 Å². The smallest absolute Gasteiger partial charge is 0.0866 e. The maximum Gasteiger partial charge on any atom is 0.0866 e. The highest BCUT2D eigenvalue weighted by atomic mass is 16.3. The van der Waals surface area contributed by atoms with Gasteiger partial charge in [-0.3, -0.25) is 0 Å². The van der Waals surface area contributed by atoms with Crippen LogP contribution in [0.3, 0.4) is 0 Å². The second-order valence-corrected chi connectivity index (χ2v) is 4.17. The van der Waals surface area contributed by atoms with Crippen LogP contribution in [0.2, 0.25) is 0 Å². The van der Waals surface area contributed by atoms with E-state index in [1.807, 2.05) is 0 Å². The second kappa shape index (κ2) is 5.28. The van der Waals surface area contributed by atoms with E-state index in [9.17, 15) is 0 Å². The van der Waals surface area contributed by atoms with Crippen LogP contribution in [0.25, 0.3) is 0 Å². The van der Waals surface area contributed by atoms with Crippen LogP contribution in [0.15, 0.2) is 12.3 Å². The second-order valence-electron chi connectivity index (χ2n) is 4.17. The third-order valence-electron chi connectivity index (χ3n) is 2.67. The van der Waals surface area contributed by atoms with Crippen molar-refractivity contribution in [1.82, 2.24) is 5.32 Å². The van der Waals surface area contributed by atoms with Crippen molar-refractivity contribution in [3.8, 4) is 0 Å². The van der Waals surface area contributed by atoms with Crippen LogP contribution in [-0.4, -0.2) is 17.2 Å². The van der Waals surface area contributed by atoms with Gasteiger partial charge in [0.25, 0.3) is 0 Å². The van der Waals surface area contributed by atoms with E-state index < -0.39 is 0 Å². The molecule has 2 heteroatoms. The molecule has 0 amide bonds. The molecular formula is C11H21NO. The molecule has 1 saturated carbocycles. The Morgan fingerprint density at radius 3 is 2.62 bits per heavy atom. The summed E-state index contributed by atoms with van der Waals surface area (Å²) in [7, 11) is 0. The van der Waals surface area contributed by atoms with E-state index >= 15 is 0 Å². The van der Waals surface area contributed by atoms with Gasteiger partial charge < -0.3 is 10.4 Å². The molecule has 2 nitrogen and oxygen atoms in total. The number of hydrogen-bond donors (Lipinski definition) is 2. The monoisotopic (exact) mass is 183 g/mol. The normalized spacial score (nSPS) is 21.3. The summed E-state index contributed by atoms with van der Waals surface area (Å²) in [6.07, 6.45) is 7.36. The Labute approximate surface area is 81.0 Å². The van der Waals surface area contributed by atoms with Crippen molar-refractivity contribution in [2.45, 2.75) is 57.5 Å². The van der Waals surface area contributed by atoms with Gasteiger partial charge in [0.15, 0.2) is 0 Å². The molecule has 2 N–H and O–H groups in total. The van der Waals surface area contributed by atoms with Crippen molar-refractivity contribution < 1.29 is 5.11 Å². The molecule has 1 aliphatic carbocycles. The zero-order valence-corrected chi connectivity index (χ0v) is 8.55. The quantitative estimate of drug-likeness (QED) is 0.657. The molecule has 1 rings (SSSR count). The van der Waals surface area contributed by atoms with Gasteiger partial charge in [-0.25, -0.2) is 0 Å². The van der Waals surface area contributed by atoms with Gasteiger partial charge in [-0.15, -0.1) is 0 Å². The van der Waals surface area contributed by atoms with Crippen molar-refractivity contribution in [3.05, 3.63) is 12.3 Å². The molecule has 0 aromatic heterocycles. The molecule has 0 heterocycles. The molecule has 76 valence electrons. The molecule has 1 atom stereocenters. The molecule has 0 spiro atoms. The molecule has 0 radical (unpaired) electrons. The maximum atomic E-state index is 9.02. The van der Waals surface area contributed by atoms with Gasteiger partial charge >= 0.3 is 0 Å².